The van der Waals surface area contributed by atoms with Crippen LogP contribution in [0.3, 0.4) is 0 Å². The van der Waals surface area contributed by atoms with Crippen molar-refractivity contribution in [1.29, 1.82) is 0 Å². The molecule has 0 bridgehead atoms. The summed E-state index contributed by atoms with van der Waals surface area (Å²) in [5, 5.41) is 0. The predicted octanol–water partition coefficient (Wildman–Crippen LogP) is 1.23. The third-order valence-electron chi connectivity index (χ3n) is 0.984. The summed E-state index contributed by atoms with van der Waals surface area (Å²) in [5.41, 5.74) is 0. The number of nitrogens with two attached hydrogens (primary N) is 1. The highest BCUT2D eigenvalue weighted by Crippen LogP contribution is 1.94. The van der Waals surface area contributed by atoms with E-state index in [-0.39, 0.29) is 6.10 Å². The third kappa shape index (κ3) is 2.77. The monoisotopic (exact) mass is 115 g/mol. The summed E-state index contributed by atoms with van der Waals surface area (Å²) in [6.45, 7) is 3.97. The minimum Gasteiger partial charge on any atom is -0.297 e. The minimum absolute atomic E-state index is 0.0972. The topological polar surface area (TPSA) is 35.2 Å². The predicted molar refractivity (Wildman–Crippen MR) is 34.2 cm³/mol. The van der Waals surface area contributed by atoms with Crippen molar-refractivity contribution in [2.75, 3.05) is 0 Å². The third-order valence-corrected chi connectivity index (χ3v) is 0.984. The molecule has 0 aromatic heterocycles. The molecule has 1 unspecified atom stereocenters. The summed E-state index contributed by atoms with van der Waals surface area (Å²) in [5.74, 6) is 4.92. The molecule has 1 atom stereocenters. The van der Waals surface area contributed by atoms with Gasteiger partial charge >= 0.3 is 0 Å². The molecule has 0 aromatic rings. The first-order valence-electron chi connectivity index (χ1n) is 2.83. The molecule has 0 fully saturated rings. The number of allylic oxidation sites excluding steroid dienone is 1. The summed E-state index contributed by atoms with van der Waals surface area (Å²) in [6, 6.07) is 0. The molecule has 0 heterocycles. The maximum absolute atomic E-state index is 4.92. The molecule has 0 amide bonds. The largest absolute Gasteiger partial charge is 0.297 e. The van der Waals surface area contributed by atoms with Crippen molar-refractivity contribution in [3.63, 3.8) is 0 Å². The Morgan fingerprint density at radius 1 is 1.75 bits per heavy atom. The van der Waals surface area contributed by atoms with E-state index in [2.05, 4.69) is 4.84 Å². The van der Waals surface area contributed by atoms with E-state index in [4.69, 9.17) is 5.90 Å². The zero-order chi connectivity index (χ0) is 6.41. The highest BCUT2D eigenvalue weighted by molar-refractivity contribution is 4.84. The molecule has 0 aliphatic rings. The van der Waals surface area contributed by atoms with Gasteiger partial charge in [-0.2, -0.15) is 0 Å². The Kier molecular flexibility index (Phi) is 4.61. The molecule has 0 saturated carbocycles. The molecule has 0 radical (unpaired) electrons. The lowest BCUT2D eigenvalue weighted by Gasteiger charge is -2.03. The van der Waals surface area contributed by atoms with Crippen molar-refractivity contribution in [1.82, 2.24) is 0 Å². The van der Waals surface area contributed by atoms with Gasteiger partial charge in [-0.1, -0.05) is 19.1 Å². The van der Waals surface area contributed by atoms with Crippen molar-refractivity contribution in [3.8, 4) is 0 Å². The molecule has 48 valence electrons. The summed E-state index contributed by atoms with van der Waals surface area (Å²) in [6.07, 6.45) is 4.89. The van der Waals surface area contributed by atoms with Crippen molar-refractivity contribution in [2.45, 2.75) is 26.4 Å². The first-order valence-corrected chi connectivity index (χ1v) is 2.83. The first kappa shape index (κ1) is 7.66. The lowest BCUT2D eigenvalue weighted by Crippen LogP contribution is -2.12. The molecule has 2 heteroatoms. The van der Waals surface area contributed by atoms with Gasteiger partial charge < -0.3 is 0 Å². The fourth-order valence-corrected chi connectivity index (χ4v) is 0.492. The quantitative estimate of drug-likeness (QED) is 0.443. The van der Waals surface area contributed by atoms with E-state index in [9.17, 15) is 0 Å². The van der Waals surface area contributed by atoms with Gasteiger partial charge in [0.15, 0.2) is 0 Å². The van der Waals surface area contributed by atoms with Crippen molar-refractivity contribution in [3.05, 3.63) is 12.2 Å². The van der Waals surface area contributed by atoms with Crippen LogP contribution in [0.5, 0.6) is 0 Å². The summed E-state index contributed by atoms with van der Waals surface area (Å²) >= 11 is 0. The molecular formula is C6H13NO. The molecule has 0 saturated heterocycles. The van der Waals surface area contributed by atoms with Crippen LogP contribution >= 0.6 is 0 Å². The number of hydrogen-bond donors (Lipinski definition) is 1. The highest BCUT2D eigenvalue weighted by atomic mass is 16.6. The van der Waals surface area contributed by atoms with Gasteiger partial charge in [0, 0.05) is 0 Å². The molecular weight excluding hydrogens is 102 g/mol. The molecule has 2 N–H and O–H groups in total. The summed E-state index contributed by atoms with van der Waals surface area (Å²) in [4.78, 5) is 4.55. The lowest BCUT2D eigenvalue weighted by molar-refractivity contribution is 0.0840. The van der Waals surface area contributed by atoms with Crippen LogP contribution in [0.4, 0.5) is 0 Å². The van der Waals surface area contributed by atoms with Gasteiger partial charge in [0.1, 0.15) is 0 Å². The van der Waals surface area contributed by atoms with Crippen LogP contribution in [0, 0.1) is 0 Å². The molecule has 0 aromatic carbocycles. The average molecular weight is 115 g/mol. The van der Waals surface area contributed by atoms with Crippen LogP contribution in [0.25, 0.3) is 0 Å². The Bertz CT molecular complexity index is 66.9. The fourth-order valence-electron chi connectivity index (χ4n) is 0.492. The maximum Gasteiger partial charge on any atom is 0.0965 e. The SMILES string of the molecule is CC=CC(CC)ON. The smallest absolute Gasteiger partial charge is 0.0965 e. The molecule has 2 nitrogen and oxygen atoms in total. The van der Waals surface area contributed by atoms with Gasteiger partial charge in [0.25, 0.3) is 0 Å². The van der Waals surface area contributed by atoms with Crippen molar-refractivity contribution in [2.24, 2.45) is 5.90 Å². The molecule has 0 rings (SSSR count). The van der Waals surface area contributed by atoms with Gasteiger partial charge in [-0.05, 0) is 13.3 Å². The van der Waals surface area contributed by atoms with E-state index in [0.29, 0.717) is 0 Å². The Morgan fingerprint density at radius 2 is 2.38 bits per heavy atom. The number of rotatable bonds is 3. The molecule has 0 aliphatic heterocycles. The Labute approximate surface area is 50.3 Å². The van der Waals surface area contributed by atoms with E-state index in [1.807, 2.05) is 26.0 Å². The van der Waals surface area contributed by atoms with Gasteiger partial charge in [0.05, 0.1) is 6.10 Å². The Hall–Kier alpha value is -0.340. The van der Waals surface area contributed by atoms with Crippen LogP contribution in [0.2, 0.25) is 0 Å². The second-order valence-corrected chi connectivity index (χ2v) is 1.61. The van der Waals surface area contributed by atoms with E-state index in [0.717, 1.165) is 6.42 Å². The van der Waals surface area contributed by atoms with E-state index in [1.165, 1.54) is 0 Å². The van der Waals surface area contributed by atoms with Crippen molar-refractivity contribution < 1.29 is 4.84 Å². The second-order valence-electron chi connectivity index (χ2n) is 1.61. The molecule has 8 heavy (non-hydrogen) atoms. The van der Waals surface area contributed by atoms with Crippen LogP contribution < -0.4 is 5.90 Å². The summed E-state index contributed by atoms with van der Waals surface area (Å²) in [7, 11) is 0. The van der Waals surface area contributed by atoms with Gasteiger partial charge in [-0.25, -0.2) is 5.90 Å². The molecule has 0 spiro atoms. The molecule has 0 aliphatic carbocycles. The summed E-state index contributed by atoms with van der Waals surface area (Å²) < 4.78 is 0. The Morgan fingerprint density at radius 3 is 2.50 bits per heavy atom. The zero-order valence-corrected chi connectivity index (χ0v) is 5.42. The number of hydrogen-bond acceptors (Lipinski definition) is 2. The Balaban J connectivity index is 3.36. The van der Waals surface area contributed by atoms with E-state index < -0.39 is 0 Å². The lowest BCUT2D eigenvalue weighted by atomic mass is 10.2. The normalized spacial score (nSPS) is 14.9. The van der Waals surface area contributed by atoms with Crippen LogP contribution in [-0.2, 0) is 4.84 Å². The van der Waals surface area contributed by atoms with Gasteiger partial charge in [-0.15, -0.1) is 0 Å². The van der Waals surface area contributed by atoms with Crippen LogP contribution in [0.1, 0.15) is 20.3 Å². The van der Waals surface area contributed by atoms with Gasteiger partial charge in [-0.3, -0.25) is 4.84 Å². The van der Waals surface area contributed by atoms with E-state index in [1.54, 1.807) is 0 Å². The highest BCUT2D eigenvalue weighted by Gasteiger charge is 1.94. The zero-order valence-electron chi connectivity index (χ0n) is 5.42. The van der Waals surface area contributed by atoms with Gasteiger partial charge in [0.2, 0.25) is 0 Å². The van der Waals surface area contributed by atoms with E-state index >= 15 is 0 Å². The standard InChI is InChI=1S/C6H13NO/c1-3-5-6(4-2)8-7/h3,5-6H,4,7H2,1-2H3. The fraction of sp³-hybridized carbons (Fsp3) is 0.667. The van der Waals surface area contributed by atoms with Crippen LogP contribution in [-0.4, -0.2) is 6.10 Å². The maximum atomic E-state index is 4.92. The minimum atomic E-state index is 0.0972. The van der Waals surface area contributed by atoms with Crippen molar-refractivity contribution >= 4 is 0 Å². The first-order chi connectivity index (χ1) is 3.85. The average Bonchev–Trinajstić information content (AvgIpc) is 1.83. The van der Waals surface area contributed by atoms with Crippen LogP contribution in [0.15, 0.2) is 12.2 Å². The second kappa shape index (κ2) is 4.81.